The molecule has 0 radical (unpaired) electrons. The molecule has 118 valence electrons. The molecule has 0 aromatic heterocycles. The zero-order valence-corrected chi connectivity index (χ0v) is 13.8. The van der Waals surface area contributed by atoms with E-state index in [0.29, 0.717) is 13.0 Å². The average Bonchev–Trinajstić information content (AvgIpc) is 2.54. The average molecular weight is 306 g/mol. The third-order valence-corrected chi connectivity index (χ3v) is 4.11. The standard InChI is InChI=1S/C21H22O2/c1-3-4-10-23-20-12-15(2)11-17-13-18(22)14-19(21(17)20)16-8-6-5-7-9-16/h5-9,11-12,14H,3-4,10,13H2,1-2H3. The Labute approximate surface area is 137 Å². The monoisotopic (exact) mass is 306 g/mol. The lowest BCUT2D eigenvalue weighted by Crippen LogP contribution is -2.12. The summed E-state index contributed by atoms with van der Waals surface area (Å²) < 4.78 is 6.06. The molecule has 0 N–H and O–H groups in total. The number of hydrogen-bond acceptors (Lipinski definition) is 2. The highest BCUT2D eigenvalue weighted by molar-refractivity contribution is 6.06. The summed E-state index contributed by atoms with van der Waals surface area (Å²) in [6.07, 6.45) is 4.36. The molecule has 1 aliphatic rings. The van der Waals surface area contributed by atoms with E-state index in [2.05, 4.69) is 26.0 Å². The second-order valence-corrected chi connectivity index (χ2v) is 6.07. The highest BCUT2D eigenvalue weighted by Crippen LogP contribution is 2.38. The number of aryl methyl sites for hydroxylation is 1. The predicted molar refractivity (Wildman–Crippen MR) is 93.8 cm³/mol. The van der Waals surface area contributed by atoms with Crippen LogP contribution in [0, 0.1) is 6.92 Å². The number of benzene rings is 2. The Morgan fingerprint density at radius 3 is 2.65 bits per heavy atom. The molecule has 0 saturated carbocycles. The van der Waals surface area contributed by atoms with Gasteiger partial charge >= 0.3 is 0 Å². The summed E-state index contributed by atoms with van der Waals surface area (Å²) in [5, 5.41) is 0. The van der Waals surface area contributed by atoms with Crippen molar-refractivity contribution in [2.45, 2.75) is 33.1 Å². The molecule has 23 heavy (non-hydrogen) atoms. The van der Waals surface area contributed by atoms with Gasteiger partial charge in [0, 0.05) is 12.0 Å². The number of carbonyl (C=O) groups is 1. The second-order valence-electron chi connectivity index (χ2n) is 6.07. The first-order valence-corrected chi connectivity index (χ1v) is 8.25. The molecule has 2 aromatic rings. The number of hydrogen-bond donors (Lipinski definition) is 0. The van der Waals surface area contributed by atoms with E-state index in [1.54, 1.807) is 6.08 Å². The Hall–Kier alpha value is -2.35. The van der Waals surface area contributed by atoms with Crippen molar-refractivity contribution in [3.05, 3.63) is 70.8 Å². The Bertz CT molecular complexity index is 742. The summed E-state index contributed by atoms with van der Waals surface area (Å²) in [6, 6.07) is 14.3. The third kappa shape index (κ3) is 3.37. The van der Waals surface area contributed by atoms with Crippen LogP contribution >= 0.6 is 0 Å². The molecular weight excluding hydrogens is 284 g/mol. The zero-order chi connectivity index (χ0) is 16.2. The lowest BCUT2D eigenvalue weighted by Gasteiger charge is -2.22. The van der Waals surface area contributed by atoms with Crippen LogP contribution in [-0.2, 0) is 11.2 Å². The summed E-state index contributed by atoms with van der Waals surface area (Å²) in [7, 11) is 0. The normalized spacial score (nSPS) is 13.5. The summed E-state index contributed by atoms with van der Waals surface area (Å²) in [5.74, 6) is 1.05. The summed E-state index contributed by atoms with van der Waals surface area (Å²) in [4.78, 5) is 12.2. The van der Waals surface area contributed by atoms with Gasteiger partial charge in [-0.15, -0.1) is 0 Å². The van der Waals surface area contributed by atoms with Crippen LogP contribution in [0.5, 0.6) is 5.75 Å². The van der Waals surface area contributed by atoms with Gasteiger partial charge in [0.05, 0.1) is 6.61 Å². The molecule has 0 unspecified atom stereocenters. The number of allylic oxidation sites excluding steroid dienone is 1. The van der Waals surface area contributed by atoms with Gasteiger partial charge in [-0.1, -0.05) is 49.7 Å². The molecule has 0 spiro atoms. The fourth-order valence-electron chi connectivity index (χ4n) is 3.03. The SMILES string of the molecule is CCCCOc1cc(C)cc2c1C(c1ccccc1)=CC(=O)C2. The van der Waals surface area contributed by atoms with E-state index in [9.17, 15) is 4.79 Å². The van der Waals surface area contributed by atoms with E-state index in [0.717, 1.165) is 46.4 Å². The van der Waals surface area contributed by atoms with Crippen LogP contribution in [0.3, 0.4) is 0 Å². The molecule has 0 saturated heterocycles. The molecule has 2 heteroatoms. The predicted octanol–water partition coefficient (Wildman–Crippen LogP) is 4.73. The van der Waals surface area contributed by atoms with Crippen LogP contribution < -0.4 is 4.74 Å². The van der Waals surface area contributed by atoms with Gasteiger partial charge in [0.15, 0.2) is 5.78 Å². The lowest BCUT2D eigenvalue weighted by atomic mass is 9.85. The number of rotatable bonds is 5. The number of ketones is 1. The molecule has 0 aliphatic heterocycles. The maximum Gasteiger partial charge on any atom is 0.160 e. The van der Waals surface area contributed by atoms with Crippen molar-refractivity contribution in [2.75, 3.05) is 6.61 Å². The maximum atomic E-state index is 12.2. The largest absolute Gasteiger partial charge is 0.493 e. The fourth-order valence-corrected chi connectivity index (χ4v) is 3.03. The van der Waals surface area contributed by atoms with Crippen molar-refractivity contribution < 1.29 is 9.53 Å². The van der Waals surface area contributed by atoms with Crippen LogP contribution in [0.1, 0.15) is 42.0 Å². The maximum absolute atomic E-state index is 12.2. The number of ether oxygens (including phenoxy) is 1. The van der Waals surface area contributed by atoms with E-state index in [1.165, 1.54) is 0 Å². The first kappa shape index (κ1) is 15.5. The summed E-state index contributed by atoms with van der Waals surface area (Å²) in [6.45, 7) is 4.92. The van der Waals surface area contributed by atoms with Crippen molar-refractivity contribution in [3.8, 4) is 5.75 Å². The van der Waals surface area contributed by atoms with Crippen LogP contribution in [0.25, 0.3) is 5.57 Å². The molecule has 0 atom stereocenters. The van der Waals surface area contributed by atoms with Gasteiger partial charge in [-0.25, -0.2) is 0 Å². The van der Waals surface area contributed by atoms with E-state index < -0.39 is 0 Å². The molecule has 0 heterocycles. The van der Waals surface area contributed by atoms with E-state index >= 15 is 0 Å². The number of carbonyl (C=O) groups excluding carboxylic acids is 1. The van der Waals surface area contributed by atoms with Gasteiger partial charge in [-0.05, 0) is 47.8 Å². The topological polar surface area (TPSA) is 26.3 Å². The van der Waals surface area contributed by atoms with Crippen molar-refractivity contribution >= 4 is 11.4 Å². The Balaban J connectivity index is 2.09. The highest BCUT2D eigenvalue weighted by Gasteiger charge is 2.23. The fraction of sp³-hybridized carbons (Fsp3) is 0.286. The van der Waals surface area contributed by atoms with E-state index in [1.807, 2.05) is 30.3 Å². The molecule has 3 rings (SSSR count). The quantitative estimate of drug-likeness (QED) is 0.746. The highest BCUT2D eigenvalue weighted by atomic mass is 16.5. The molecule has 2 nitrogen and oxygen atoms in total. The van der Waals surface area contributed by atoms with Gasteiger partial charge in [0.2, 0.25) is 0 Å². The Kier molecular flexibility index (Phi) is 4.61. The molecule has 0 amide bonds. The third-order valence-electron chi connectivity index (χ3n) is 4.11. The first-order chi connectivity index (χ1) is 11.2. The number of unbranched alkanes of at least 4 members (excludes halogenated alkanes) is 1. The van der Waals surface area contributed by atoms with Gasteiger partial charge in [0.1, 0.15) is 5.75 Å². The minimum absolute atomic E-state index is 0.154. The van der Waals surface area contributed by atoms with Gasteiger partial charge in [0.25, 0.3) is 0 Å². The molecular formula is C21H22O2. The second kappa shape index (κ2) is 6.82. The van der Waals surface area contributed by atoms with Crippen molar-refractivity contribution in [1.82, 2.24) is 0 Å². The van der Waals surface area contributed by atoms with Gasteiger partial charge in [-0.2, -0.15) is 0 Å². The Morgan fingerprint density at radius 1 is 1.13 bits per heavy atom. The Morgan fingerprint density at radius 2 is 1.91 bits per heavy atom. The van der Waals surface area contributed by atoms with E-state index in [4.69, 9.17) is 4.74 Å². The zero-order valence-electron chi connectivity index (χ0n) is 13.8. The summed E-state index contributed by atoms with van der Waals surface area (Å²) >= 11 is 0. The first-order valence-electron chi connectivity index (χ1n) is 8.25. The van der Waals surface area contributed by atoms with Crippen molar-refractivity contribution in [1.29, 1.82) is 0 Å². The van der Waals surface area contributed by atoms with Crippen molar-refractivity contribution in [3.63, 3.8) is 0 Å². The summed E-state index contributed by atoms with van der Waals surface area (Å²) in [5.41, 5.74) is 5.33. The van der Waals surface area contributed by atoms with Crippen molar-refractivity contribution in [2.24, 2.45) is 0 Å². The van der Waals surface area contributed by atoms with Gasteiger partial charge < -0.3 is 4.74 Å². The molecule has 2 aromatic carbocycles. The molecule has 0 bridgehead atoms. The minimum Gasteiger partial charge on any atom is -0.493 e. The smallest absolute Gasteiger partial charge is 0.160 e. The molecule has 1 aliphatic carbocycles. The van der Waals surface area contributed by atoms with Crippen LogP contribution in [0.2, 0.25) is 0 Å². The van der Waals surface area contributed by atoms with E-state index in [-0.39, 0.29) is 5.78 Å². The number of fused-ring (bicyclic) bond motifs is 1. The van der Waals surface area contributed by atoms with Crippen LogP contribution in [0.4, 0.5) is 0 Å². The molecule has 0 fully saturated rings. The lowest BCUT2D eigenvalue weighted by molar-refractivity contribution is -0.114. The van der Waals surface area contributed by atoms with Crippen LogP contribution in [0.15, 0.2) is 48.5 Å². The van der Waals surface area contributed by atoms with Gasteiger partial charge in [-0.3, -0.25) is 4.79 Å². The van der Waals surface area contributed by atoms with Crippen LogP contribution in [-0.4, -0.2) is 12.4 Å². The minimum atomic E-state index is 0.154.